The second-order valence-electron chi connectivity index (χ2n) is 4.65. The highest BCUT2D eigenvalue weighted by Gasteiger charge is 2.03. The van der Waals surface area contributed by atoms with Crippen LogP contribution in [0.2, 0.25) is 0 Å². The van der Waals surface area contributed by atoms with Gasteiger partial charge in [0, 0.05) is 32.5 Å². The van der Waals surface area contributed by atoms with E-state index < -0.39 is 0 Å². The zero-order valence-corrected chi connectivity index (χ0v) is 12.0. The molecule has 1 aromatic rings. The Hall–Kier alpha value is -1.03. The molecule has 0 unspecified atom stereocenters. The van der Waals surface area contributed by atoms with Gasteiger partial charge in [0.15, 0.2) is 0 Å². The van der Waals surface area contributed by atoms with Gasteiger partial charge in [-0.05, 0) is 26.2 Å². The molecule has 0 spiro atoms. The third-order valence-corrected chi connectivity index (χ3v) is 2.75. The lowest BCUT2D eigenvalue weighted by atomic mass is 10.3. The topological polar surface area (TPSA) is 39.1 Å². The number of nitrogens with zero attached hydrogens (tertiary/aromatic N) is 2. The summed E-state index contributed by atoms with van der Waals surface area (Å²) in [6.45, 7) is 10.0. The predicted octanol–water partition coefficient (Wildman–Crippen LogP) is 3.22. The summed E-state index contributed by atoms with van der Waals surface area (Å²) in [5, 5.41) is 3.39. The van der Waals surface area contributed by atoms with Gasteiger partial charge in [0.25, 0.3) is 0 Å². The first-order chi connectivity index (χ1) is 8.77. The van der Waals surface area contributed by atoms with Gasteiger partial charge in [0.2, 0.25) is 5.95 Å². The van der Waals surface area contributed by atoms with Gasteiger partial charge in [0.1, 0.15) is 0 Å². The summed E-state index contributed by atoms with van der Waals surface area (Å²) >= 11 is 0. The van der Waals surface area contributed by atoms with Crippen LogP contribution in [0.5, 0.6) is 0 Å². The molecule has 18 heavy (non-hydrogen) atoms. The molecule has 0 aliphatic carbocycles. The van der Waals surface area contributed by atoms with Crippen LogP contribution in [-0.4, -0.2) is 29.3 Å². The first kappa shape index (κ1) is 15.0. The van der Waals surface area contributed by atoms with E-state index in [2.05, 4.69) is 34.9 Å². The van der Waals surface area contributed by atoms with Gasteiger partial charge in [-0.2, -0.15) is 0 Å². The Bertz CT molecular complexity index is 323. The van der Waals surface area contributed by atoms with Crippen molar-refractivity contribution in [2.24, 2.45) is 0 Å². The van der Waals surface area contributed by atoms with E-state index in [0.717, 1.165) is 50.8 Å². The van der Waals surface area contributed by atoms with Gasteiger partial charge in [-0.15, -0.1) is 0 Å². The van der Waals surface area contributed by atoms with Crippen LogP contribution in [0.4, 0.5) is 5.95 Å². The minimum atomic E-state index is 0.829. The Morgan fingerprint density at radius 2 is 2.06 bits per heavy atom. The van der Waals surface area contributed by atoms with Crippen molar-refractivity contribution in [2.45, 2.75) is 53.0 Å². The Labute approximate surface area is 111 Å². The number of hydrogen-bond donors (Lipinski definition) is 1. The molecule has 1 heterocycles. The molecule has 1 N–H and O–H groups in total. The minimum absolute atomic E-state index is 0.829. The van der Waals surface area contributed by atoms with Crippen molar-refractivity contribution in [1.29, 1.82) is 0 Å². The van der Waals surface area contributed by atoms with E-state index in [1.165, 1.54) is 12.8 Å². The quantitative estimate of drug-likeness (QED) is 0.651. The number of ether oxygens (including phenoxy) is 1. The third-order valence-electron chi connectivity index (χ3n) is 2.75. The average Bonchev–Trinajstić information content (AvgIpc) is 2.71. The van der Waals surface area contributed by atoms with Gasteiger partial charge in [-0.1, -0.05) is 20.3 Å². The number of unbranched alkanes of at least 4 members (excludes halogenated alkanes) is 1. The van der Waals surface area contributed by atoms with Crippen molar-refractivity contribution in [3.05, 3.63) is 11.9 Å². The average molecular weight is 253 g/mol. The lowest BCUT2D eigenvalue weighted by Gasteiger charge is -2.09. The van der Waals surface area contributed by atoms with Crippen LogP contribution >= 0.6 is 0 Å². The van der Waals surface area contributed by atoms with Crippen molar-refractivity contribution in [3.8, 4) is 0 Å². The molecule has 0 bridgehead atoms. The van der Waals surface area contributed by atoms with Crippen molar-refractivity contribution in [2.75, 3.05) is 25.1 Å². The molecule has 1 rings (SSSR count). The van der Waals surface area contributed by atoms with Crippen LogP contribution in [0.3, 0.4) is 0 Å². The number of nitrogens with one attached hydrogen (secondary N) is 1. The fourth-order valence-electron chi connectivity index (χ4n) is 1.81. The molecule has 0 fully saturated rings. The normalized spacial score (nSPS) is 10.8. The van der Waals surface area contributed by atoms with E-state index in [0.29, 0.717) is 0 Å². The molecule has 0 amide bonds. The van der Waals surface area contributed by atoms with E-state index in [9.17, 15) is 0 Å². The highest BCUT2D eigenvalue weighted by atomic mass is 16.5. The summed E-state index contributed by atoms with van der Waals surface area (Å²) in [4.78, 5) is 4.51. The van der Waals surface area contributed by atoms with Crippen LogP contribution in [0.1, 0.15) is 45.2 Å². The lowest BCUT2D eigenvalue weighted by molar-refractivity contribution is 0.134. The van der Waals surface area contributed by atoms with Crippen LogP contribution in [0, 0.1) is 6.92 Å². The molecular weight excluding hydrogens is 226 g/mol. The fourth-order valence-corrected chi connectivity index (χ4v) is 1.81. The Balaban J connectivity index is 2.27. The molecule has 0 aliphatic rings. The van der Waals surface area contributed by atoms with Crippen LogP contribution in [0.15, 0.2) is 6.20 Å². The molecule has 0 radical (unpaired) electrons. The standard InChI is InChI=1S/C14H27N3O/c1-4-6-9-17-12-13(3)16-14(17)15-8-7-11-18-10-5-2/h12H,4-11H2,1-3H3,(H,15,16). The van der Waals surface area contributed by atoms with E-state index in [4.69, 9.17) is 4.74 Å². The van der Waals surface area contributed by atoms with E-state index in [1.807, 2.05) is 6.92 Å². The maximum atomic E-state index is 5.45. The van der Waals surface area contributed by atoms with Gasteiger partial charge >= 0.3 is 0 Å². The summed E-state index contributed by atoms with van der Waals surface area (Å²) in [5.41, 5.74) is 1.08. The molecule has 4 nitrogen and oxygen atoms in total. The van der Waals surface area contributed by atoms with Crippen LogP contribution in [-0.2, 0) is 11.3 Å². The number of anilines is 1. The Kier molecular flexibility index (Phi) is 7.49. The van der Waals surface area contributed by atoms with Crippen molar-refractivity contribution in [1.82, 2.24) is 9.55 Å². The van der Waals surface area contributed by atoms with Gasteiger partial charge < -0.3 is 14.6 Å². The largest absolute Gasteiger partial charge is 0.381 e. The van der Waals surface area contributed by atoms with Gasteiger partial charge in [-0.3, -0.25) is 0 Å². The molecule has 0 atom stereocenters. The van der Waals surface area contributed by atoms with E-state index in [-0.39, 0.29) is 0 Å². The lowest BCUT2D eigenvalue weighted by Crippen LogP contribution is -2.11. The predicted molar refractivity (Wildman–Crippen MR) is 76.1 cm³/mol. The molecule has 104 valence electrons. The molecule has 0 saturated carbocycles. The zero-order chi connectivity index (χ0) is 13.2. The molecule has 1 aromatic heterocycles. The zero-order valence-electron chi connectivity index (χ0n) is 12.0. The number of rotatable bonds is 10. The highest BCUT2D eigenvalue weighted by Crippen LogP contribution is 2.09. The third kappa shape index (κ3) is 5.54. The molecule has 4 heteroatoms. The minimum Gasteiger partial charge on any atom is -0.381 e. The molecule has 0 saturated heterocycles. The smallest absolute Gasteiger partial charge is 0.203 e. The number of aromatic nitrogens is 2. The van der Waals surface area contributed by atoms with E-state index in [1.54, 1.807) is 0 Å². The number of aryl methyl sites for hydroxylation is 2. The Morgan fingerprint density at radius 1 is 1.22 bits per heavy atom. The summed E-state index contributed by atoms with van der Waals surface area (Å²) in [7, 11) is 0. The monoisotopic (exact) mass is 253 g/mol. The maximum absolute atomic E-state index is 5.45. The maximum Gasteiger partial charge on any atom is 0.203 e. The summed E-state index contributed by atoms with van der Waals surface area (Å²) in [6, 6.07) is 0. The SMILES string of the molecule is CCCCn1cc(C)nc1NCCCOCCC. The van der Waals surface area contributed by atoms with Gasteiger partial charge in [-0.25, -0.2) is 4.98 Å². The summed E-state index contributed by atoms with van der Waals surface area (Å²) < 4.78 is 7.67. The van der Waals surface area contributed by atoms with Crippen molar-refractivity contribution in [3.63, 3.8) is 0 Å². The number of hydrogen-bond acceptors (Lipinski definition) is 3. The van der Waals surface area contributed by atoms with E-state index >= 15 is 0 Å². The first-order valence-corrected chi connectivity index (χ1v) is 7.13. The fraction of sp³-hybridized carbons (Fsp3) is 0.786. The second-order valence-corrected chi connectivity index (χ2v) is 4.65. The van der Waals surface area contributed by atoms with Gasteiger partial charge in [0.05, 0.1) is 5.69 Å². The molecule has 0 aliphatic heterocycles. The molecule has 0 aromatic carbocycles. The summed E-state index contributed by atoms with van der Waals surface area (Å²) in [6.07, 6.45) is 6.64. The number of imidazole rings is 1. The van der Waals surface area contributed by atoms with Crippen molar-refractivity contribution >= 4 is 5.95 Å². The first-order valence-electron chi connectivity index (χ1n) is 7.13. The highest BCUT2D eigenvalue weighted by molar-refractivity contribution is 5.28. The Morgan fingerprint density at radius 3 is 2.78 bits per heavy atom. The van der Waals surface area contributed by atoms with Crippen LogP contribution in [0.25, 0.3) is 0 Å². The molecular formula is C14H27N3O. The van der Waals surface area contributed by atoms with Crippen molar-refractivity contribution < 1.29 is 4.74 Å². The second kappa shape index (κ2) is 8.97. The summed E-state index contributed by atoms with van der Waals surface area (Å²) in [5.74, 6) is 0.997. The van der Waals surface area contributed by atoms with Crippen LogP contribution < -0.4 is 5.32 Å².